The Morgan fingerprint density at radius 1 is 0.848 bits per heavy atom. The smallest absolute Gasteiger partial charge is 0.264 e. The number of hydrogen-bond acceptors (Lipinski definition) is 5. The van der Waals surface area contributed by atoms with E-state index in [2.05, 4.69) is 5.32 Å². The van der Waals surface area contributed by atoms with Crippen LogP contribution in [0.15, 0.2) is 102 Å². The molecule has 4 aromatic rings. The number of carbonyl (C=O) groups is 2. The van der Waals surface area contributed by atoms with E-state index in [-0.39, 0.29) is 34.6 Å². The van der Waals surface area contributed by atoms with Gasteiger partial charge >= 0.3 is 0 Å². The first-order valence-corrected chi connectivity index (χ1v) is 17.0. The summed E-state index contributed by atoms with van der Waals surface area (Å²) in [7, 11) is -2.84. The lowest BCUT2D eigenvalue weighted by molar-refractivity contribution is -0.140. The highest BCUT2D eigenvalue weighted by atomic mass is 35.5. The fourth-order valence-electron chi connectivity index (χ4n) is 4.82. The number of methoxy groups -OCH3 is 1. The predicted octanol–water partition coefficient (Wildman–Crippen LogP) is 7.02. The second-order valence-electron chi connectivity index (χ2n) is 10.8. The maximum atomic E-state index is 14.5. The van der Waals surface area contributed by atoms with E-state index in [4.69, 9.17) is 39.5 Å². The SMILES string of the molecule is COc1ccc(S(=O)(=O)N(CC(=O)N(Cc2c(Cl)cccc2Cl)[C@H](Cc2ccccc2)C(=O)NC(C)C)c2cccc(Cl)c2)cc1. The van der Waals surface area contributed by atoms with E-state index in [1.807, 2.05) is 44.2 Å². The van der Waals surface area contributed by atoms with Gasteiger partial charge in [0.1, 0.15) is 18.3 Å². The van der Waals surface area contributed by atoms with Gasteiger partial charge in [0.15, 0.2) is 0 Å². The Labute approximate surface area is 284 Å². The van der Waals surface area contributed by atoms with Gasteiger partial charge in [-0.3, -0.25) is 13.9 Å². The number of rotatable bonds is 13. The summed E-state index contributed by atoms with van der Waals surface area (Å²) in [5, 5.41) is 3.78. The lowest BCUT2D eigenvalue weighted by atomic mass is 10.0. The fourth-order valence-corrected chi connectivity index (χ4v) is 6.93. The first-order valence-electron chi connectivity index (χ1n) is 14.4. The van der Waals surface area contributed by atoms with Gasteiger partial charge in [0.2, 0.25) is 11.8 Å². The predicted molar refractivity (Wildman–Crippen MR) is 183 cm³/mol. The number of ether oxygens (including phenoxy) is 1. The summed E-state index contributed by atoms with van der Waals surface area (Å²) in [6.07, 6.45) is 0.148. The molecule has 4 aromatic carbocycles. The third-order valence-electron chi connectivity index (χ3n) is 7.11. The number of nitrogens with one attached hydrogen (secondary N) is 1. The zero-order valence-corrected chi connectivity index (χ0v) is 28.6. The van der Waals surface area contributed by atoms with Gasteiger partial charge in [-0.15, -0.1) is 0 Å². The van der Waals surface area contributed by atoms with Crippen LogP contribution < -0.4 is 14.4 Å². The quantitative estimate of drug-likeness (QED) is 0.162. The molecule has 4 rings (SSSR count). The zero-order valence-electron chi connectivity index (χ0n) is 25.5. The number of amides is 2. The highest BCUT2D eigenvalue weighted by Gasteiger charge is 2.35. The molecule has 1 atom stereocenters. The molecular formula is C34H34Cl3N3O5S. The highest BCUT2D eigenvalue weighted by molar-refractivity contribution is 7.92. The summed E-state index contributed by atoms with van der Waals surface area (Å²) in [6.45, 7) is 2.82. The van der Waals surface area contributed by atoms with E-state index in [0.29, 0.717) is 21.4 Å². The van der Waals surface area contributed by atoms with Crippen LogP contribution in [-0.2, 0) is 32.6 Å². The van der Waals surface area contributed by atoms with Crippen molar-refractivity contribution in [3.63, 3.8) is 0 Å². The van der Waals surface area contributed by atoms with Gasteiger partial charge in [-0.2, -0.15) is 0 Å². The van der Waals surface area contributed by atoms with Gasteiger partial charge < -0.3 is 15.0 Å². The van der Waals surface area contributed by atoms with Gasteiger partial charge in [-0.25, -0.2) is 8.42 Å². The van der Waals surface area contributed by atoms with Crippen molar-refractivity contribution < 1.29 is 22.7 Å². The number of nitrogens with zero attached hydrogens (tertiary/aromatic N) is 2. The maximum Gasteiger partial charge on any atom is 0.264 e. The minimum atomic E-state index is -4.32. The van der Waals surface area contributed by atoms with E-state index in [9.17, 15) is 18.0 Å². The summed E-state index contributed by atoms with van der Waals surface area (Å²) in [4.78, 5) is 29.6. The second-order valence-corrected chi connectivity index (χ2v) is 13.9. The van der Waals surface area contributed by atoms with Crippen molar-refractivity contribution in [2.75, 3.05) is 18.0 Å². The molecule has 0 saturated carbocycles. The van der Waals surface area contributed by atoms with E-state index in [0.717, 1.165) is 9.87 Å². The van der Waals surface area contributed by atoms with Crippen LogP contribution >= 0.6 is 34.8 Å². The molecule has 0 aliphatic rings. The van der Waals surface area contributed by atoms with Crippen LogP contribution in [0.3, 0.4) is 0 Å². The maximum absolute atomic E-state index is 14.5. The normalized spacial score (nSPS) is 12.0. The van der Waals surface area contributed by atoms with Crippen molar-refractivity contribution in [1.82, 2.24) is 10.2 Å². The Bertz CT molecular complexity index is 1750. The van der Waals surface area contributed by atoms with Gasteiger partial charge in [-0.1, -0.05) is 77.3 Å². The summed E-state index contributed by atoms with van der Waals surface area (Å²) < 4.78 is 34.5. The van der Waals surface area contributed by atoms with Crippen LogP contribution in [0.4, 0.5) is 5.69 Å². The van der Waals surface area contributed by atoms with Gasteiger partial charge in [0.05, 0.1) is 17.7 Å². The monoisotopic (exact) mass is 701 g/mol. The Morgan fingerprint density at radius 2 is 1.48 bits per heavy atom. The summed E-state index contributed by atoms with van der Waals surface area (Å²) >= 11 is 19.4. The van der Waals surface area contributed by atoms with Crippen molar-refractivity contribution >= 4 is 62.3 Å². The minimum absolute atomic E-state index is 0.0693. The van der Waals surface area contributed by atoms with Crippen LogP contribution in [0.1, 0.15) is 25.0 Å². The lowest BCUT2D eigenvalue weighted by Gasteiger charge is -2.34. The largest absolute Gasteiger partial charge is 0.497 e. The molecule has 0 saturated heterocycles. The molecule has 0 aromatic heterocycles. The van der Waals surface area contributed by atoms with Crippen molar-refractivity contribution in [2.45, 2.75) is 43.8 Å². The fraction of sp³-hybridized carbons (Fsp3) is 0.235. The molecule has 0 unspecified atom stereocenters. The van der Waals surface area contributed by atoms with Crippen molar-refractivity contribution in [3.8, 4) is 5.75 Å². The molecule has 0 radical (unpaired) electrons. The first-order chi connectivity index (χ1) is 21.9. The van der Waals surface area contributed by atoms with Crippen LogP contribution in [0, 0.1) is 0 Å². The van der Waals surface area contributed by atoms with E-state index < -0.39 is 34.4 Å². The zero-order chi connectivity index (χ0) is 33.4. The molecule has 0 spiro atoms. The number of hydrogen-bond donors (Lipinski definition) is 1. The van der Waals surface area contributed by atoms with Crippen LogP contribution in [0.25, 0.3) is 0 Å². The molecule has 0 aliphatic heterocycles. The molecule has 0 fully saturated rings. The highest BCUT2D eigenvalue weighted by Crippen LogP contribution is 2.30. The third kappa shape index (κ3) is 8.73. The molecule has 46 heavy (non-hydrogen) atoms. The standard InChI is InChI=1S/C34H34Cl3N3O5S/c1-23(2)38-34(42)32(19-24-9-5-4-6-10-24)39(21-29-30(36)13-8-14-31(29)37)33(41)22-40(26-12-7-11-25(35)20-26)46(43,44)28-17-15-27(45-3)16-18-28/h4-18,20,23,32H,19,21-22H2,1-3H3,(H,38,42)/t32-/m1/s1. The number of sulfonamides is 1. The van der Waals surface area contributed by atoms with Gasteiger partial charge in [0.25, 0.3) is 10.0 Å². The molecule has 0 heterocycles. The van der Waals surface area contributed by atoms with E-state index in [1.165, 1.54) is 42.3 Å². The topological polar surface area (TPSA) is 96.0 Å². The number of anilines is 1. The average molecular weight is 703 g/mol. The molecule has 2 amide bonds. The average Bonchev–Trinajstić information content (AvgIpc) is 3.02. The van der Waals surface area contributed by atoms with Crippen LogP contribution in [0.5, 0.6) is 5.75 Å². The number of carbonyl (C=O) groups excluding carboxylic acids is 2. The Balaban J connectivity index is 1.84. The molecular weight excluding hydrogens is 669 g/mol. The van der Waals surface area contributed by atoms with Crippen molar-refractivity contribution in [3.05, 3.63) is 123 Å². The number of halogens is 3. The van der Waals surface area contributed by atoms with E-state index >= 15 is 0 Å². The first kappa shape index (κ1) is 35.1. The molecule has 242 valence electrons. The summed E-state index contributed by atoms with van der Waals surface area (Å²) in [6, 6.07) is 24.9. The Kier molecular flexibility index (Phi) is 12.0. The third-order valence-corrected chi connectivity index (χ3v) is 9.85. The molecule has 1 N–H and O–H groups in total. The molecule has 0 aliphatic carbocycles. The molecule has 0 bridgehead atoms. The lowest BCUT2D eigenvalue weighted by Crippen LogP contribution is -2.54. The Hall–Kier alpha value is -3.76. The molecule has 12 heteroatoms. The number of benzene rings is 4. The van der Waals surface area contributed by atoms with Gasteiger partial charge in [-0.05, 0) is 74.0 Å². The van der Waals surface area contributed by atoms with Crippen molar-refractivity contribution in [2.24, 2.45) is 0 Å². The van der Waals surface area contributed by atoms with E-state index in [1.54, 1.807) is 36.4 Å². The minimum Gasteiger partial charge on any atom is -0.497 e. The molecule has 8 nitrogen and oxygen atoms in total. The van der Waals surface area contributed by atoms with Crippen molar-refractivity contribution in [1.29, 1.82) is 0 Å². The van der Waals surface area contributed by atoms with Crippen LogP contribution in [-0.4, -0.2) is 50.9 Å². The summed E-state index contributed by atoms with van der Waals surface area (Å²) in [5.41, 5.74) is 1.38. The Morgan fingerprint density at radius 3 is 2.07 bits per heavy atom. The van der Waals surface area contributed by atoms with Crippen LogP contribution in [0.2, 0.25) is 15.1 Å². The second kappa shape index (κ2) is 15.7. The van der Waals surface area contributed by atoms with Gasteiger partial charge in [0, 0.05) is 39.6 Å². The summed E-state index contributed by atoms with van der Waals surface area (Å²) in [5.74, 6) is -0.609.